The van der Waals surface area contributed by atoms with Crippen LogP contribution in [0.5, 0.6) is 0 Å². The van der Waals surface area contributed by atoms with Gasteiger partial charge in [-0.25, -0.2) is 4.68 Å². The molecule has 0 fully saturated rings. The van der Waals surface area contributed by atoms with E-state index in [1.807, 2.05) is 37.3 Å². The first-order valence-corrected chi connectivity index (χ1v) is 8.27. The van der Waals surface area contributed by atoms with Crippen LogP contribution in [0.2, 0.25) is 0 Å². The van der Waals surface area contributed by atoms with Crippen LogP contribution < -0.4 is 5.32 Å². The SMILES string of the molecule is CC(C)C(C)NC(=O)CSc1nnnn1Cc1ccccc1. The van der Waals surface area contributed by atoms with Crippen LogP contribution in [0.25, 0.3) is 0 Å². The van der Waals surface area contributed by atoms with E-state index in [-0.39, 0.29) is 11.9 Å². The molecule has 2 rings (SSSR count). The first-order valence-electron chi connectivity index (χ1n) is 7.28. The van der Waals surface area contributed by atoms with Crippen molar-refractivity contribution in [1.82, 2.24) is 25.5 Å². The van der Waals surface area contributed by atoms with Crippen LogP contribution >= 0.6 is 11.8 Å². The van der Waals surface area contributed by atoms with Crippen molar-refractivity contribution in [3.05, 3.63) is 35.9 Å². The Kier molecular flexibility index (Phi) is 5.94. The highest BCUT2D eigenvalue weighted by Crippen LogP contribution is 2.15. The van der Waals surface area contributed by atoms with Gasteiger partial charge in [-0.1, -0.05) is 55.9 Å². The summed E-state index contributed by atoms with van der Waals surface area (Å²) in [4.78, 5) is 11.9. The molecular formula is C15H21N5OS. The number of rotatable bonds is 7. The lowest BCUT2D eigenvalue weighted by Crippen LogP contribution is -2.37. The molecule has 1 aromatic carbocycles. The lowest BCUT2D eigenvalue weighted by molar-refractivity contribution is -0.119. The van der Waals surface area contributed by atoms with Crippen molar-refractivity contribution < 1.29 is 4.79 Å². The molecule has 0 aliphatic carbocycles. The second-order valence-electron chi connectivity index (χ2n) is 5.49. The van der Waals surface area contributed by atoms with Crippen molar-refractivity contribution in [3.63, 3.8) is 0 Å². The molecule has 2 aromatic rings. The van der Waals surface area contributed by atoms with Crippen molar-refractivity contribution in [1.29, 1.82) is 0 Å². The van der Waals surface area contributed by atoms with Gasteiger partial charge in [-0.2, -0.15) is 0 Å². The van der Waals surface area contributed by atoms with E-state index in [1.165, 1.54) is 11.8 Å². The van der Waals surface area contributed by atoms with Gasteiger partial charge in [-0.15, -0.1) is 5.10 Å². The van der Waals surface area contributed by atoms with Gasteiger partial charge in [0.15, 0.2) is 0 Å². The van der Waals surface area contributed by atoms with Gasteiger partial charge < -0.3 is 5.32 Å². The Balaban J connectivity index is 1.89. The fraction of sp³-hybridized carbons (Fsp3) is 0.467. The summed E-state index contributed by atoms with van der Waals surface area (Å²) in [5.41, 5.74) is 1.12. The fourth-order valence-corrected chi connectivity index (χ4v) is 2.44. The third-order valence-electron chi connectivity index (χ3n) is 3.40. The number of nitrogens with zero attached hydrogens (tertiary/aromatic N) is 4. The van der Waals surface area contributed by atoms with E-state index in [9.17, 15) is 4.79 Å². The summed E-state index contributed by atoms with van der Waals surface area (Å²) in [6.45, 7) is 6.77. The number of tetrazole rings is 1. The molecule has 1 heterocycles. The molecule has 6 nitrogen and oxygen atoms in total. The topological polar surface area (TPSA) is 72.7 Å². The van der Waals surface area contributed by atoms with Crippen LogP contribution in [0.4, 0.5) is 0 Å². The van der Waals surface area contributed by atoms with E-state index in [0.717, 1.165) is 5.56 Å². The Hall–Kier alpha value is -1.89. The average molecular weight is 319 g/mol. The number of hydrogen-bond donors (Lipinski definition) is 1. The predicted octanol–water partition coefficient (Wildman–Crippen LogP) is 1.97. The molecular weight excluding hydrogens is 298 g/mol. The maximum atomic E-state index is 11.9. The van der Waals surface area contributed by atoms with Gasteiger partial charge in [-0.05, 0) is 28.8 Å². The van der Waals surface area contributed by atoms with Gasteiger partial charge in [0.05, 0.1) is 12.3 Å². The summed E-state index contributed by atoms with van der Waals surface area (Å²) in [6.07, 6.45) is 0. The highest BCUT2D eigenvalue weighted by atomic mass is 32.2. The van der Waals surface area contributed by atoms with Crippen LogP contribution in [0.3, 0.4) is 0 Å². The van der Waals surface area contributed by atoms with E-state index in [0.29, 0.717) is 23.4 Å². The molecule has 0 aliphatic heterocycles. The monoisotopic (exact) mass is 319 g/mol. The van der Waals surface area contributed by atoms with Crippen molar-refractivity contribution in [2.75, 3.05) is 5.75 Å². The standard InChI is InChI=1S/C15H21N5OS/c1-11(2)12(3)16-14(21)10-22-15-17-18-19-20(15)9-13-7-5-4-6-8-13/h4-8,11-12H,9-10H2,1-3H3,(H,16,21). The summed E-state index contributed by atoms with van der Waals surface area (Å²) < 4.78 is 1.71. The zero-order valence-electron chi connectivity index (χ0n) is 13.1. The van der Waals surface area contributed by atoms with Crippen LogP contribution in [-0.2, 0) is 11.3 Å². The average Bonchev–Trinajstić information content (AvgIpc) is 2.93. The number of amides is 1. The molecule has 1 atom stereocenters. The smallest absolute Gasteiger partial charge is 0.230 e. The van der Waals surface area contributed by atoms with Crippen LogP contribution in [-0.4, -0.2) is 37.9 Å². The van der Waals surface area contributed by atoms with E-state index >= 15 is 0 Å². The maximum absolute atomic E-state index is 11.9. The molecule has 22 heavy (non-hydrogen) atoms. The number of aromatic nitrogens is 4. The number of thioether (sulfide) groups is 1. The van der Waals surface area contributed by atoms with E-state index < -0.39 is 0 Å². The normalized spacial score (nSPS) is 12.4. The fourth-order valence-electron chi connectivity index (χ4n) is 1.75. The number of nitrogens with one attached hydrogen (secondary N) is 1. The van der Waals surface area contributed by atoms with Crippen LogP contribution in [0, 0.1) is 5.92 Å². The van der Waals surface area contributed by atoms with Crippen molar-refractivity contribution >= 4 is 17.7 Å². The maximum Gasteiger partial charge on any atom is 0.230 e. The lowest BCUT2D eigenvalue weighted by Gasteiger charge is -2.17. The van der Waals surface area contributed by atoms with Gasteiger partial charge >= 0.3 is 0 Å². The third kappa shape index (κ3) is 4.84. The second kappa shape index (κ2) is 7.93. The highest BCUT2D eigenvalue weighted by molar-refractivity contribution is 7.99. The summed E-state index contributed by atoms with van der Waals surface area (Å²) in [5.74, 6) is 0.726. The lowest BCUT2D eigenvalue weighted by atomic mass is 10.1. The zero-order chi connectivity index (χ0) is 15.9. The summed E-state index contributed by atoms with van der Waals surface area (Å²) >= 11 is 1.35. The minimum atomic E-state index is 0.000427. The van der Waals surface area contributed by atoms with Crippen molar-refractivity contribution in [2.45, 2.75) is 38.5 Å². The molecule has 1 unspecified atom stereocenters. The summed E-state index contributed by atoms with van der Waals surface area (Å²) in [5, 5.41) is 15.3. The van der Waals surface area contributed by atoms with Crippen LogP contribution in [0.15, 0.2) is 35.5 Å². The van der Waals surface area contributed by atoms with Crippen molar-refractivity contribution in [2.24, 2.45) is 5.92 Å². The number of carbonyl (C=O) groups is 1. The quantitative estimate of drug-likeness (QED) is 0.790. The van der Waals surface area contributed by atoms with E-state index in [4.69, 9.17) is 0 Å². The molecule has 0 radical (unpaired) electrons. The van der Waals surface area contributed by atoms with Gasteiger partial charge in [0, 0.05) is 6.04 Å². The van der Waals surface area contributed by atoms with Gasteiger partial charge in [-0.3, -0.25) is 4.79 Å². The van der Waals surface area contributed by atoms with Crippen LogP contribution in [0.1, 0.15) is 26.3 Å². The number of carbonyl (C=O) groups excluding carboxylic acids is 1. The molecule has 0 saturated carbocycles. The minimum absolute atomic E-state index is 0.000427. The van der Waals surface area contributed by atoms with Crippen molar-refractivity contribution in [3.8, 4) is 0 Å². The van der Waals surface area contributed by atoms with E-state index in [1.54, 1.807) is 4.68 Å². The molecule has 1 N–H and O–H groups in total. The molecule has 1 amide bonds. The Morgan fingerprint density at radius 2 is 2.00 bits per heavy atom. The third-order valence-corrected chi connectivity index (χ3v) is 4.35. The zero-order valence-corrected chi connectivity index (χ0v) is 13.9. The first kappa shape index (κ1) is 16.5. The molecule has 1 aromatic heterocycles. The molecule has 7 heteroatoms. The largest absolute Gasteiger partial charge is 0.353 e. The molecule has 118 valence electrons. The van der Waals surface area contributed by atoms with Gasteiger partial charge in [0.1, 0.15) is 0 Å². The Morgan fingerprint density at radius 3 is 2.68 bits per heavy atom. The highest BCUT2D eigenvalue weighted by Gasteiger charge is 2.13. The molecule has 0 saturated heterocycles. The first-order chi connectivity index (χ1) is 10.6. The predicted molar refractivity (Wildman–Crippen MR) is 86.5 cm³/mol. The van der Waals surface area contributed by atoms with Gasteiger partial charge in [0.2, 0.25) is 11.1 Å². The minimum Gasteiger partial charge on any atom is -0.353 e. The van der Waals surface area contributed by atoms with Gasteiger partial charge in [0.25, 0.3) is 0 Å². The summed E-state index contributed by atoms with van der Waals surface area (Å²) in [7, 11) is 0. The molecule has 0 bridgehead atoms. The van der Waals surface area contributed by atoms with E-state index in [2.05, 4.69) is 34.7 Å². The molecule has 0 aliphatic rings. The Bertz CT molecular complexity index is 599. The second-order valence-corrected chi connectivity index (χ2v) is 6.44. The Labute approximate surface area is 134 Å². The Morgan fingerprint density at radius 1 is 1.27 bits per heavy atom. The molecule has 0 spiro atoms. The number of benzene rings is 1. The summed E-state index contributed by atoms with van der Waals surface area (Å²) in [6, 6.07) is 10.1. The number of hydrogen-bond acceptors (Lipinski definition) is 5.